The first-order valence-corrected chi connectivity index (χ1v) is 12.9. The molecule has 4 aromatic rings. The monoisotopic (exact) mass is 519 g/mol. The molecular formula is C30H27ClFNO4. The highest BCUT2D eigenvalue weighted by Gasteiger charge is 2.42. The lowest BCUT2D eigenvalue weighted by Crippen LogP contribution is -2.29. The standard InChI is InChI=1S/C30H27ClFNO4/c1-2-3-4-5-16-36-23-13-8-20(9-14-23)27-26-28(34)24-17-21(31)10-15-25(24)37-29(26)30(35)33(27)18-19-6-11-22(32)12-7-19/h6-15,17,27H,2-5,16,18H2,1H3. The Hall–Kier alpha value is -3.64. The van der Waals surface area contributed by atoms with Crippen LogP contribution >= 0.6 is 11.6 Å². The molecule has 0 saturated heterocycles. The van der Waals surface area contributed by atoms with E-state index in [0.29, 0.717) is 22.6 Å². The molecule has 0 aliphatic carbocycles. The Labute approximate surface area is 219 Å². The fourth-order valence-corrected chi connectivity index (χ4v) is 4.93. The van der Waals surface area contributed by atoms with Crippen LogP contribution in [0.25, 0.3) is 11.0 Å². The van der Waals surface area contributed by atoms with Crippen LogP contribution in [0.3, 0.4) is 0 Å². The molecule has 0 fully saturated rings. The normalized spacial score (nSPS) is 14.8. The summed E-state index contributed by atoms with van der Waals surface area (Å²) in [7, 11) is 0. The van der Waals surface area contributed by atoms with E-state index in [9.17, 15) is 14.0 Å². The van der Waals surface area contributed by atoms with Crippen LogP contribution < -0.4 is 10.2 Å². The molecule has 1 atom stereocenters. The van der Waals surface area contributed by atoms with E-state index in [0.717, 1.165) is 29.7 Å². The van der Waals surface area contributed by atoms with Crippen LogP contribution in [-0.2, 0) is 6.54 Å². The van der Waals surface area contributed by atoms with E-state index in [-0.39, 0.29) is 29.1 Å². The van der Waals surface area contributed by atoms with Crippen LogP contribution in [0.5, 0.6) is 5.75 Å². The molecule has 0 saturated carbocycles. The summed E-state index contributed by atoms with van der Waals surface area (Å²) in [5.41, 5.74) is 1.77. The molecule has 37 heavy (non-hydrogen) atoms. The van der Waals surface area contributed by atoms with Gasteiger partial charge in [-0.1, -0.05) is 62.1 Å². The number of unbranched alkanes of at least 4 members (excludes halogenated alkanes) is 3. The van der Waals surface area contributed by atoms with Crippen molar-refractivity contribution in [3.05, 3.63) is 110 Å². The van der Waals surface area contributed by atoms with E-state index in [1.807, 2.05) is 24.3 Å². The van der Waals surface area contributed by atoms with Gasteiger partial charge in [-0.2, -0.15) is 0 Å². The summed E-state index contributed by atoms with van der Waals surface area (Å²) in [5, 5.41) is 0.726. The van der Waals surface area contributed by atoms with E-state index < -0.39 is 11.9 Å². The van der Waals surface area contributed by atoms with Gasteiger partial charge in [0.05, 0.1) is 23.6 Å². The van der Waals surface area contributed by atoms with E-state index in [1.165, 1.54) is 25.0 Å². The smallest absolute Gasteiger partial charge is 0.291 e. The lowest BCUT2D eigenvalue weighted by Gasteiger charge is -2.25. The van der Waals surface area contributed by atoms with Gasteiger partial charge in [0.2, 0.25) is 5.76 Å². The van der Waals surface area contributed by atoms with E-state index in [2.05, 4.69) is 6.92 Å². The van der Waals surface area contributed by atoms with Gasteiger partial charge in [0.15, 0.2) is 5.43 Å². The molecule has 0 N–H and O–H groups in total. The first-order chi connectivity index (χ1) is 18.0. The second kappa shape index (κ2) is 10.8. The van der Waals surface area contributed by atoms with E-state index >= 15 is 0 Å². The van der Waals surface area contributed by atoms with Crippen LogP contribution in [0.15, 0.2) is 75.9 Å². The maximum absolute atomic E-state index is 13.7. The number of benzene rings is 3. The Kier molecular flexibility index (Phi) is 7.28. The predicted molar refractivity (Wildman–Crippen MR) is 142 cm³/mol. The lowest BCUT2D eigenvalue weighted by molar-refractivity contribution is 0.0714. The van der Waals surface area contributed by atoms with Crippen molar-refractivity contribution >= 4 is 28.5 Å². The SMILES string of the molecule is CCCCCCOc1ccc(C2c3c(oc4ccc(Cl)cc4c3=O)C(=O)N2Cc2ccc(F)cc2)cc1. The topological polar surface area (TPSA) is 59.8 Å². The van der Waals surface area contributed by atoms with Crippen LogP contribution in [0.1, 0.15) is 65.9 Å². The zero-order valence-electron chi connectivity index (χ0n) is 20.5. The summed E-state index contributed by atoms with van der Waals surface area (Å²) >= 11 is 6.16. The summed E-state index contributed by atoms with van der Waals surface area (Å²) in [4.78, 5) is 28.8. The Morgan fingerprint density at radius 2 is 1.73 bits per heavy atom. The van der Waals surface area contributed by atoms with Crippen molar-refractivity contribution in [2.75, 3.05) is 6.61 Å². The molecule has 2 heterocycles. The minimum atomic E-state index is -0.675. The summed E-state index contributed by atoms with van der Waals surface area (Å²) in [6.07, 6.45) is 4.47. The molecule has 1 unspecified atom stereocenters. The van der Waals surface area contributed by atoms with Gasteiger partial charge in [-0.15, -0.1) is 0 Å². The predicted octanol–water partition coefficient (Wildman–Crippen LogP) is 7.29. The second-order valence-electron chi connectivity index (χ2n) is 9.25. The molecule has 5 rings (SSSR count). The first-order valence-electron chi connectivity index (χ1n) is 12.5. The van der Waals surface area contributed by atoms with Crippen molar-refractivity contribution in [2.24, 2.45) is 0 Å². The maximum Gasteiger partial charge on any atom is 0.291 e. The van der Waals surface area contributed by atoms with Crippen LogP contribution in [0, 0.1) is 5.82 Å². The zero-order valence-corrected chi connectivity index (χ0v) is 21.3. The Bertz CT molecular complexity index is 1480. The van der Waals surface area contributed by atoms with Gasteiger partial charge < -0.3 is 14.1 Å². The summed E-state index contributed by atoms with van der Waals surface area (Å²) in [6.45, 7) is 2.99. The fraction of sp³-hybridized carbons (Fsp3) is 0.267. The van der Waals surface area contributed by atoms with Crippen molar-refractivity contribution in [1.82, 2.24) is 4.90 Å². The van der Waals surface area contributed by atoms with Gasteiger partial charge >= 0.3 is 0 Å². The molecule has 7 heteroatoms. The zero-order chi connectivity index (χ0) is 25.9. The number of carbonyl (C=O) groups excluding carboxylic acids is 1. The molecule has 1 amide bonds. The third kappa shape index (κ3) is 5.12. The molecule has 0 bridgehead atoms. The first kappa shape index (κ1) is 25.0. The average Bonchev–Trinajstić information content (AvgIpc) is 3.17. The number of nitrogens with zero attached hydrogens (tertiary/aromatic N) is 1. The van der Waals surface area contributed by atoms with Crippen LogP contribution in [0.2, 0.25) is 5.02 Å². The van der Waals surface area contributed by atoms with Gasteiger partial charge in [-0.25, -0.2) is 4.39 Å². The Balaban J connectivity index is 1.53. The summed E-state index contributed by atoms with van der Waals surface area (Å²) in [6, 6.07) is 17.5. The minimum Gasteiger partial charge on any atom is -0.494 e. The van der Waals surface area contributed by atoms with Crippen molar-refractivity contribution in [2.45, 2.75) is 45.2 Å². The molecule has 3 aromatic carbocycles. The molecule has 190 valence electrons. The van der Waals surface area contributed by atoms with Gasteiger partial charge in [0, 0.05) is 11.6 Å². The van der Waals surface area contributed by atoms with Crippen LogP contribution in [-0.4, -0.2) is 17.4 Å². The molecule has 1 aromatic heterocycles. The van der Waals surface area contributed by atoms with Crippen molar-refractivity contribution in [3.8, 4) is 5.75 Å². The Morgan fingerprint density at radius 3 is 2.46 bits per heavy atom. The number of hydrogen-bond donors (Lipinski definition) is 0. The van der Waals surface area contributed by atoms with E-state index in [1.54, 1.807) is 35.2 Å². The highest BCUT2D eigenvalue weighted by atomic mass is 35.5. The number of fused-ring (bicyclic) bond motifs is 2. The number of ether oxygens (including phenoxy) is 1. The van der Waals surface area contributed by atoms with Gasteiger partial charge in [-0.3, -0.25) is 9.59 Å². The third-order valence-corrected chi connectivity index (χ3v) is 6.89. The van der Waals surface area contributed by atoms with Crippen molar-refractivity contribution in [1.29, 1.82) is 0 Å². The lowest BCUT2D eigenvalue weighted by atomic mass is 9.98. The molecule has 5 nitrogen and oxygen atoms in total. The number of hydrogen-bond acceptors (Lipinski definition) is 4. The quantitative estimate of drug-likeness (QED) is 0.218. The highest BCUT2D eigenvalue weighted by Crippen LogP contribution is 2.39. The maximum atomic E-state index is 13.7. The number of halogens is 2. The van der Waals surface area contributed by atoms with Gasteiger partial charge in [0.25, 0.3) is 5.91 Å². The summed E-state index contributed by atoms with van der Waals surface area (Å²) in [5.74, 6) is -0.00786. The average molecular weight is 520 g/mol. The van der Waals surface area contributed by atoms with E-state index in [4.69, 9.17) is 20.8 Å². The molecule has 1 aliphatic rings. The molecule has 0 radical (unpaired) electrons. The summed E-state index contributed by atoms with van der Waals surface area (Å²) < 4.78 is 25.4. The molecular weight excluding hydrogens is 493 g/mol. The highest BCUT2D eigenvalue weighted by molar-refractivity contribution is 6.31. The largest absolute Gasteiger partial charge is 0.494 e. The fourth-order valence-electron chi connectivity index (χ4n) is 4.75. The number of carbonyl (C=O) groups is 1. The van der Waals surface area contributed by atoms with Gasteiger partial charge in [-0.05, 0) is 60.0 Å². The van der Waals surface area contributed by atoms with Crippen molar-refractivity contribution in [3.63, 3.8) is 0 Å². The molecule has 0 spiro atoms. The van der Waals surface area contributed by atoms with Gasteiger partial charge in [0.1, 0.15) is 17.1 Å². The number of rotatable bonds is 9. The number of amides is 1. The molecule has 1 aliphatic heterocycles. The third-order valence-electron chi connectivity index (χ3n) is 6.66. The van der Waals surface area contributed by atoms with Crippen molar-refractivity contribution < 1.29 is 18.3 Å². The minimum absolute atomic E-state index is 0.0168. The van der Waals surface area contributed by atoms with Crippen LogP contribution in [0.4, 0.5) is 4.39 Å². The second-order valence-corrected chi connectivity index (χ2v) is 9.69. The Morgan fingerprint density at radius 1 is 0.973 bits per heavy atom.